The van der Waals surface area contributed by atoms with Crippen LogP contribution in [0.4, 0.5) is 18.0 Å². The Labute approximate surface area is 148 Å². The first-order valence-corrected chi connectivity index (χ1v) is 8.11. The molecule has 1 aliphatic heterocycles. The van der Waals surface area contributed by atoms with E-state index in [0.29, 0.717) is 24.3 Å². The number of aromatic nitrogens is 3. The number of alkyl halides is 3. The van der Waals surface area contributed by atoms with Crippen molar-refractivity contribution in [1.82, 2.24) is 19.7 Å². The molecule has 9 heteroatoms. The summed E-state index contributed by atoms with van der Waals surface area (Å²) in [7, 11) is 0. The highest BCUT2D eigenvalue weighted by Crippen LogP contribution is 2.33. The standard InChI is InChI=1S/C17H19F3N4O2/c1-16(2,3)26-15(25)23-6-7-24-14(10-23)12(9-22-24)13-8-11(4-5-21-13)17(18,19)20/h4-5,8-9H,6-7,10H2,1-3H3. The van der Waals surface area contributed by atoms with Gasteiger partial charge >= 0.3 is 12.3 Å². The van der Waals surface area contributed by atoms with Gasteiger partial charge in [-0.05, 0) is 32.9 Å². The number of rotatable bonds is 1. The Kier molecular flexibility index (Phi) is 4.41. The molecule has 0 saturated heterocycles. The molecule has 2 aromatic rings. The van der Waals surface area contributed by atoms with Gasteiger partial charge in [0, 0.05) is 18.3 Å². The van der Waals surface area contributed by atoms with E-state index in [-0.39, 0.29) is 12.2 Å². The van der Waals surface area contributed by atoms with Gasteiger partial charge in [-0.3, -0.25) is 9.67 Å². The van der Waals surface area contributed by atoms with Gasteiger partial charge in [0.2, 0.25) is 0 Å². The first kappa shape index (κ1) is 18.2. The lowest BCUT2D eigenvalue weighted by molar-refractivity contribution is -0.137. The number of pyridine rings is 1. The van der Waals surface area contributed by atoms with E-state index in [1.165, 1.54) is 11.1 Å². The molecule has 1 amide bonds. The van der Waals surface area contributed by atoms with E-state index in [9.17, 15) is 18.0 Å². The molecule has 0 spiro atoms. The van der Waals surface area contributed by atoms with Gasteiger partial charge in [0.15, 0.2) is 0 Å². The summed E-state index contributed by atoms with van der Waals surface area (Å²) in [6, 6.07) is 1.91. The van der Waals surface area contributed by atoms with Gasteiger partial charge in [-0.15, -0.1) is 0 Å². The van der Waals surface area contributed by atoms with Crippen molar-refractivity contribution in [2.24, 2.45) is 0 Å². The SMILES string of the molecule is CC(C)(C)OC(=O)N1CCn2ncc(-c3cc(C(F)(F)F)ccn3)c2C1. The number of nitrogens with zero attached hydrogens (tertiary/aromatic N) is 4. The minimum Gasteiger partial charge on any atom is -0.444 e. The molecule has 2 aromatic heterocycles. The third-order valence-corrected chi connectivity index (χ3v) is 3.89. The van der Waals surface area contributed by atoms with E-state index in [1.54, 1.807) is 25.5 Å². The number of halogens is 3. The van der Waals surface area contributed by atoms with Crippen molar-refractivity contribution in [1.29, 1.82) is 0 Å². The fourth-order valence-corrected chi connectivity index (χ4v) is 2.70. The van der Waals surface area contributed by atoms with E-state index in [1.807, 2.05) is 0 Å². The first-order chi connectivity index (χ1) is 12.0. The number of carbonyl (C=O) groups excluding carboxylic acids is 1. The molecule has 0 saturated carbocycles. The van der Waals surface area contributed by atoms with Gasteiger partial charge < -0.3 is 9.64 Å². The molecule has 0 bridgehead atoms. The molecule has 3 heterocycles. The lowest BCUT2D eigenvalue weighted by Gasteiger charge is -2.30. The van der Waals surface area contributed by atoms with Crippen LogP contribution in [0.25, 0.3) is 11.3 Å². The van der Waals surface area contributed by atoms with Crippen LogP contribution in [0.15, 0.2) is 24.5 Å². The van der Waals surface area contributed by atoms with Crippen LogP contribution in [-0.4, -0.2) is 37.9 Å². The van der Waals surface area contributed by atoms with Gasteiger partial charge in [-0.25, -0.2) is 4.79 Å². The summed E-state index contributed by atoms with van der Waals surface area (Å²) in [5.41, 5.74) is -0.118. The summed E-state index contributed by atoms with van der Waals surface area (Å²) in [6.45, 7) is 6.38. The minimum atomic E-state index is -4.45. The van der Waals surface area contributed by atoms with Crippen LogP contribution in [0.2, 0.25) is 0 Å². The maximum absolute atomic E-state index is 13.0. The second-order valence-corrected chi connectivity index (χ2v) is 7.06. The Morgan fingerprint density at radius 3 is 2.62 bits per heavy atom. The van der Waals surface area contributed by atoms with Crippen LogP contribution in [-0.2, 0) is 24.0 Å². The Morgan fingerprint density at radius 2 is 1.96 bits per heavy atom. The van der Waals surface area contributed by atoms with Crippen molar-refractivity contribution in [3.05, 3.63) is 35.8 Å². The average molecular weight is 368 g/mol. The number of hydrogen-bond acceptors (Lipinski definition) is 4. The molecular formula is C17H19F3N4O2. The molecule has 0 atom stereocenters. The van der Waals surface area contributed by atoms with E-state index in [2.05, 4.69) is 10.1 Å². The third-order valence-electron chi connectivity index (χ3n) is 3.89. The topological polar surface area (TPSA) is 60.2 Å². The van der Waals surface area contributed by atoms with Crippen molar-refractivity contribution in [3.8, 4) is 11.3 Å². The summed E-state index contributed by atoms with van der Waals surface area (Å²) < 4.78 is 45.9. The molecule has 140 valence electrons. The van der Waals surface area contributed by atoms with E-state index in [0.717, 1.165) is 18.3 Å². The lowest BCUT2D eigenvalue weighted by atomic mass is 10.1. The molecular weight excluding hydrogens is 349 g/mol. The Balaban J connectivity index is 1.89. The molecule has 0 unspecified atom stereocenters. The Morgan fingerprint density at radius 1 is 1.23 bits per heavy atom. The zero-order valence-electron chi connectivity index (χ0n) is 14.7. The van der Waals surface area contributed by atoms with E-state index < -0.39 is 23.4 Å². The number of fused-ring (bicyclic) bond motifs is 1. The maximum Gasteiger partial charge on any atom is 0.416 e. The highest BCUT2D eigenvalue weighted by atomic mass is 19.4. The molecule has 0 radical (unpaired) electrons. The number of ether oxygens (including phenoxy) is 1. The van der Waals surface area contributed by atoms with Crippen LogP contribution in [0.5, 0.6) is 0 Å². The molecule has 1 aliphatic rings. The summed E-state index contributed by atoms with van der Waals surface area (Å²) in [4.78, 5) is 17.8. The molecule has 26 heavy (non-hydrogen) atoms. The lowest BCUT2D eigenvalue weighted by Crippen LogP contribution is -2.41. The normalized spacial score (nSPS) is 14.9. The monoisotopic (exact) mass is 368 g/mol. The highest BCUT2D eigenvalue weighted by Gasteiger charge is 2.32. The van der Waals surface area contributed by atoms with Crippen LogP contribution >= 0.6 is 0 Å². The summed E-state index contributed by atoms with van der Waals surface area (Å²) in [5.74, 6) is 0. The zero-order chi connectivity index (χ0) is 19.1. The first-order valence-electron chi connectivity index (χ1n) is 8.11. The largest absolute Gasteiger partial charge is 0.444 e. The van der Waals surface area contributed by atoms with Crippen LogP contribution in [0.1, 0.15) is 32.0 Å². The smallest absolute Gasteiger partial charge is 0.416 e. The highest BCUT2D eigenvalue weighted by molar-refractivity contribution is 5.69. The van der Waals surface area contributed by atoms with Gasteiger partial charge in [0.05, 0.1) is 36.2 Å². The maximum atomic E-state index is 13.0. The van der Waals surface area contributed by atoms with Crippen molar-refractivity contribution in [2.75, 3.05) is 6.54 Å². The second-order valence-electron chi connectivity index (χ2n) is 7.06. The number of amides is 1. The van der Waals surface area contributed by atoms with Gasteiger partial charge in [-0.1, -0.05) is 0 Å². The molecule has 3 rings (SSSR count). The van der Waals surface area contributed by atoms with Crippen molar-refractivity contribution >= 4 is 6.09 Å². The fourth-order valence-electron chi connectivity index (χ4n) is 2.70. The van der Waals surface area contributed by atoms with Gasteiger partial charge in [-0.2, -0.15) is 18.3 Å². The van der Waals surface area contributed by atoms with Crippen molar-refractivity contribution in [3.63, 3.8) is 0 Å². The second kappa shape index (κ2) is 6.30. The van der Waals surface area contributed by atoms with Crippen LogP contribution in [0.3, 0.4) is 0 Å². The predicted octanol–water partition coefficient (Wildman–Crippen LogP) is 3.71. The van der Waals surface area contributed by atoms with Crippen molar-refractivity contribution < 1.29 is 22.7 Å². The van der Waals surface area contributed by atoms with Crippen LogP contribution in [0, 0.1) is 0 Å². The third kappa shape index (κ3) is 3.81. The minimum absolute atomic E-state index is 0.173. The molecule has 0 aliphatic carbocycles. The van der Waals surface area contributed by atoms with Gasteiger partial charge in [0.25, 0.3) is 0 Å². The molecule has 0 fully saturated rings. The molecule has 6 nitrogen and oxygen atoms in total. The van der Waals surface area contributed by atoms with E-state index in [4.69, 9.17) is 4.74 Å². The summed E-state index contributed by atoms with van der Waals surface area (Å²) in [6.07, 6.45) is -2.31. The summed E-state index contributed by atoms with van der Waals surface area (Å²) >= 11 is 0. The van der Waals surface area contributed by atoms with E-state index >= 15 is 0 Å². The predicted molar refractivity (Wildman–Crippen MR) is 87.1 cm³/mol. The van der Waals surface area contributed by atoms with Crippen molar-refractivity contribution in [2.45, 2.75) is 45.6 Å². The quantitative estimate of drug-likeness (QED) is 0.770. The summed E-state index contributed by atoms with van der Waals surface area (Å²) in [5, 5.41) is 4.21. The molecule has 0 aromatic carbocycles. The Bertz CT molecular complexity index is 824. The molecule has 0 N–H and O–H groups in total. The average Bonchev–Trinajstić information content (AvgIpc) is 2.95. The zero-order valence-corrected chi connectivity index (χ0v) is 14.7. The fraction of sp³-hybridized carbons (Fsp3) is 0.471. The number of hydrogen-bond donors (Lipinski definition) is 0. The Hall–Kier alpha value is -2.58. The van der Waals surface area contributed by atoms with Crippen LogP contribution < -0.4 is 0 Å². The van der Waals surface area contributed by atoms with Gasteiger partial charge in [0.1, 0.15) is 5.60 Å². The number of carbonyl (C=O) groups is 1.